The molecule has 1 unspecified atom stereocenters. The average molecular weight is 465 g/mol. The highest BCUT2D eigenvalue weighted by molar-refractivity contribution is 6.33. The van der Waals surface area contributed by atoms with E-state index in [9.17, 15) is 14.3 Å². The maximum atomic E-state index is 13.5. The predicted octanol–water partition coefficient (Wildman–Crippen LogP) is 7.03. The Hall–Kier alpha value is -3.64. The van der Waals surface area contributed by atoms with Gasteiger partial charge in [0.15, 0.2) is 0 Å². The summed E-state index contributed by atoms with van der Waals surface area (Å²) in [4.78, 5) is 17.9. The molecular weight excluding hydrogens is 443 g/mol. The van der Waals surface area contributed by atoms with Crippen molar-refractivity contribution < 1.29 is 18.7 Å². The third-order valence-corrected chi connectivity index (χ3v) is 5.60. The van der Waals surface area contributed by atoms with Gasteiger partial charge < -0.3 is 9.52 Å². The number of hydrogen-bond acceptors (Lipinski definition) is 4. The number of carbonyl (C=O) groups is 1. The summed E-state index contributed by atoms with van der Waals surface area (Å²) in [6, 6.07) is 20.1. The van der Waals surface area contributed by atoms with Gasteiger partial charge >= 0.3 is 0 Å². The fourth-order valence-electron chi connectivity index (χ4n) is 3.67. The Morgan fingerprint density at radius 3 is 2.55 bits per heavy atom. The number of anilines is 1. The van der Waals surface area contributed by atoms with Crippen LogP contribution in [0.5, 0.6) is 5.75 Å². The summed E-state index contributed by atoms with van der Waals surface area (Å²) >= 11 is 6.40. The number of amides is 1. The van der Waals surface area contributed by atoms with Crippen LogP contribution in [-0.4, -0.2) is 16.0 Å². The van der Waals surface area contributed by atoms with Gasteiger partial charge in [-0.1, -0.05) is 67.4 Å². The van der Waals surface area contributed by atoms with E-state index >= 15 is 0 Å². The normalized spacial score (nSPS) is 11.8. The molecule has 0 saturated heterocycles. The second-order valence-electron chi connectivity index (χ2n) is 7.58. The number of nitrogens with zero attached hydrogens (tertiary/aromatic N) is 1. The molecule has 0 spiro atoms. The van der Waals surface area contributed by atoms with Crippen LogP contribution in [0, 0.1) is 5.82 Å². The van der Waals surface area contributed by atoms with Crippen molar-refractivity contribution in [2.75, 3.05) is 5.32 Å². The van der Waals surface area contributed by atoms with Crippen molar-refractivity contribution in [3.05, 3.63) is 89.2 Å². The molecule has 0 aliphatic rings. The number of aromatic hydroxyl groups is 1. The summed E-state index contributed by atoms with van der Waals surface area (Å²) in [5.74, 6) is -1.47. The van der Waals surface area contributed by atoms with Gasteiger partial charge in [0.25, 0.3) is 0 Å². The van der Waals surface area contributed by atoms with Crippen molar-refractivity contribution in [2.24, 2.45) is 0 Å². The first kappa shape index (κ1) is 22.6. The third kappa shape index (κ3) is 4.91. The number of rotatable bonds is 7. The van der Waals surface area contributed by atoms with Crippen molar-refractivity contribution in [1.29, 1.82) is 0 Å². The highest BCUT2D eigenvalue weighted by Gasteiger charge is 2.27. The molecule has 168 valence electrons. The first-order valence-corrected chi connectivity index (χ1v) is 11.0. The number of halogens is 2. The molecular formula is C26H22ClFN2O3. The number of benzene rings is 3. The molecule has 5 nitrogen and oxygen atoms in total. The van der Waals surface area contributed by atoms with E-state index in [-0.39, 0.29) is 11.6 Å². The van der Waals surface area contributed by atoms with E-state index in [2.05, 4.69) is 10.3 Å². The Kier molecular flexibility index (Phi) is 6.75. The zero-order valence-corrected chi connectivity index (χ0v) is 18.6. The van der Waals surface area contributed by atoms with Gasteiger partial charge in [-0.25, -0.2) is 9.37 Å². The SMILES string of the molecule is CCCC(C(=O)Nc1oc(-c2ccccc2)nc1-c1ccccc1Cl)c1ccc(F)cc1O. The zero-order chi connectivity index (χ0) is 23.4. The topological polar surface area (TPSA) is 75.4 Å². The largest absolute Gasteiger partial charge is 0.508 e. The lowest BCUT2D eigenvalue weighted by Crippen LogP contribution is -2.21. The van der Waals surface area contributed by atoms with Gasteiger partial charge in [0.2, 0.25) is 17.7 Å². The zero-order valence-electron chi connectivity index (χ0n) is 17.9. The smallest absolute Gasteiger partial charge is 0.234 e. The molecule has 4 rings (SSSR count). The van der Waals surface area contributed by atoms with Gasteiger partial charge in [0, 0.05) is 22.8 Å². The molecule has 0 aliphatic heterocycles. The second-order valence-corrected chi connectivity index (χ2v) is 7.98. The molecule has 4 aromatic rings. The first-order valence-electron chi connectivity index (χ1n) is 10.6. The van der Waals surface area contributed by atoms with Crippen molar-refractivity contribution >= 4 is 23.4 Å². The molecule has 1 heterocycles. The van der Waals surface area contributed by atoms with Gasteiger partial charge in [0.1, 0.15) is 17.3 Å². The molecule has 0 fully saturated rings. The van der Waals surface area contributed by atoms with Crippen LogP contribution in [0.25, 0.3) is 22.7 Å². The van der Waals surface area contributed by atoms with Crippen molar-refractivity contribution in [3.8, 4) is 28.5 Å². The highest BCUT2D eigenvalue weighted by Crippen LogP contribution is 2.38. The summed E-state index contributed by atoms with van der Waals surface area (Å²) in [7, 11) is 0. The molecule has 1 atom stereocenters. The standard InChI is InChI=1S/C26H22ClFN2O3/c1-2-8-19(18-14-13-17(28)15-22(18)31)24(32)30-26-23(20-11-6-7-12-21(20)27)29-25(33-26)16-9-4-3-5-10-16/h3-7,9-15,19,31H,2,8H2,1H3,(H,30,32). The lowest BCUT2D eigenvalue weighted by Gasteiger charge is -2.17. The Balaban J connectivity index is 1.74. The van der Waals surface area contributed by atoms with Gasteiger partial charge in [-0.15, -0.1) is 0 Å². The van der Waals surface area contributed by atoms with E-state index in [1.165, 1.54) is 12.1 Å². The Labute approximate surface area is 195 Å². The molecule has 0 bridgehead atoms. The van der Waals surface area contributed by atoms with Crippen molar-refractivity contribution in [3.63, 3.8) is 0 Å². The second kappa shape index (κ2) is 9.88. The number of nitrogens with one attached hydrogen (secondary N) is 1. The van der Waals surface area contributed by atoms with Crippen LogP contribution in [0.15, 0.2) is 77.2 Å². The van der Waals surface area contributed by atoms with Gasteiger partial charge in [-0.2, -0.15) is 0 Å². The minimum absolute atomic E-state index is 0.148. The van der Waals surface area contributed by atoms with Crippen LogP contribution in [-0.2, 0) is 4.79 Å². The highest BCUT2D eigenvalue weighted by atomic mass is 35.5. The fourth-order valence-corrected chi connectivity index (χ4v) is 3.90. The van der Waals surface area contributed by atoms with Crippen LogP contribution in [0.1, 0.15) is 31.2 Å². The summed E-state index contributed by atoms with van der Waals surface area (Å²) < 4.78 is 19.5. The lowest BCUT2D eigenvalue weighted by atomic mass is 9.92. The number of aromatic nitrogens is 1. The van der Waals surface area contributed by atoms with Gasteiger partial charge in [-0.3, -0.25) is 10.1 Å². The number of phenols is 1. The predicted molar refractivity (Wildman–Crippen MR) is 127 cm³/mol. The van der Waals surface area contributed by atoms with Crippen LogP contribution in [0.4, 0.5) is 10.3 Å². The molecule has 0 saturated carbocycles. The summed E-state index contributed by atoms with van der Waals surface area (Å²) in [5.41, 5.74) is 2.09. The first-order chi connectivity index (χ1) is 16.0. The van der Waals surface area contributed by atoms with Crippen LogP contribution >= 0.6 is 11.6 Å². The minimum Gasteiger partial charge on any atom is -0.508 e. The van der Waals surface area contributed by atoms with Crippen molar-refractivity contribution in [2.45, 2.75) is 25.7 Å². The molecule has 3 aromatic carbocycles. The maximum absolute atomic E-state index is 13.5. The Morgan fingerprint density at radius 1 is 1.12 bits per heavy atom. The quantitative estimate of drug-likeness (QED) is 0.308. The van der Waals surface area contributed by atoms with E-state index in [4.69, 9.17) is 16.0 Å². The number of hydrogen-bond donors (Lipinski definition) is 2. The molecule has 2 N–H and O–H groups in total. The van der Waals surface area contributed by atoms with E-state index in [1.54, 1.807) is 18.2 Å². The summed E-state index contributed by atoms with van der Waals surface area (Å²) in [6.07, 6.45) is 1.13. The third-order valence-electron chi connectivity index (χ3n) is 5.28. The van der Waals surface area contributed by atoms with Gasteiger partial charge in [-0.05, 0) is 30.7 Å². The van der Waals surface area contributed by atoms with Crippen LogP contribution in [0.3, 0.4) is 0 Å². The van der Waals surface area contributed by atoms with E-state index in [1.807, 2.05) is 43.3 Å². The molecule has 7 heteroatoms. The van der Waals surface area contributed by atoms with Crippen LogP contribution < -0.4 is 5.32 Å². The van der Waals surface area contributed by atoms with E-state index in [0.29, 0.717) is 40.6 Å². The minimum atomic E-state index is -0.708. The number of phenolic OH excluding ortho intramolecular Hbond substituents is 1. The molecule has 1 amide bonds. The molecule has 33 heavy (non-hydrogen) atoms. The molecule has 1 aromatic heterocycles. The lowest BCUT2D eigenvalue weighted by molar-refractivity contribution is -0.117. The maximum Gasteiger partial charge on any atom is 0.234 e. The van der Waals surface area contributed by atoms with Crippen LogP contribution in [0.2, 0.25) is 5.02 Å². The monoisotopic (exact) mass is 464 g/mol. The molecule has 0 radical (unpaired) electrons. The van der Waals surface area contributed by atoms with E-state index in [0.717, 1.165) is 11.6 Å². The number of oxazole rings is 1. The Bertz CT molecular complexity index is 1270. The summed E-state index contributed by atoms with van der Waals surface area (Å²) in [6.45, 7) is 1.93. The fraction of sp³-hybridized carbons (Fsp3) is 0.154. The summed E-state index contributed by atoms with van der Waals surface area (Å²) in [5, 5.41) is 13.5. The van der Waals surface area contributed by atoms with Gasteiger partial charge in [0.05, 0.1) is 10.9 Å². The Morgan fingerprint density at radius 2 is 1.85 bits per heavy atom. The van der Waals surface area contributed by atoms with Crippen molar-refractivity contribution in [1.82, 2.24) is 4.98 Å². The number of carbonyl (C=O) groups excluding carboxylic acids is 1. The molecule has 0 aliphatic carbocycles. The van der Waals surface area contributed by atoms with E-state index < -0.39 is 17.6 Å². The average Bonchev–Trinajstić information content (AvgIpc) is 3.22.